The number of piperidine rings is 1. The number of hydrogen-bond acceptors (Lipinski definition) is 2. The van der Waals surface area contributed by atoms with Crippen LogP contribution in [0, 0.1) is 0 Å². The molecule has 0 N–H and O–H groups in total. The minimum Gasteiger partial charge on any atom is -0.303 e. The van der Waals surface area contributed by atoms with Crippen LogP contribution < -0.4 is 0 Å². The monoisotopic (exact) mass is 355 g/mol. The van der Waals surface area contributed by atoms with Gasteiger partial charge in [-0.3, -0.25) is 0 Å². The first-order valence-electron chi connectivity index (χ1n) is 8.81. The Bertz CT molecular complexity index is 762. The molecule has 3 heteroatoms. The van der Waals surface area contributed by atoms with Gasteiger partial charge in [0.1, 0.15) is 0 Å². The van der Waals surface area contributed by atoms with Crippen molar-refractivity contribution >= 4 is 28.9 Å². The first-order chi connectivity index (χ1) is 11.8. The summed E-state index contributed by atoms with van der Waals surface area (Å²) in [5.74, 6) is 0. The molecule has 24 heavy (non-hydrogen) atoms. The molecule has 0 saturated carbocycles. The van der Waals surface area contributed by atoms with Crippen LogP contribution in [-0.4, -0.2) is 24.5 Å². The van der Waals surface area contributed by atoms with Gasteiger partial charge in [-0.05, 0) is 73.3 Å². The van der Waals surface area contributed by atoms with E-state index in [4.69, 9.17) is 11.6 Å². The zero-order chi connectivity index (χ0) is 16.4. The fourth-order valence-electron chi connectivity index (χ4n) is 3.64. The van der Waals surface area contributed by atoms with Crippen LogP contribution in [0.2, 0.25) is 5.02 Å². The summed E-state index contributed by atoms with van der Waals surface area (Å²) in [5.41, 5.74) is 3.97. The van der Waals surface area contributed by atoms with E-state index in [0.29, 0.717) is 0 Å². The standard InChI is InChI=1S/C21H22ClNS/c22-16-10-11-21-19(15-16)17(18-7-2-3-9-20(18)24-21)8-6-14-23-12-4-1-5-13-23/h2-3,7-11,15H,1,4-6,12-14H2/b17-8+. The van der Waals surface area contributed by atoms with Gasteiger partial charge in [-0.25, -0.2) is 0 Å². The normalized spacial score (nSPS) is 19.1. The van der Waals surface area contributed by atoms with E-state index in [9.17, 15) is 0 Å². The van der Waals surface area contributed by atoms with E-state index in [-0.39, 0.29) is 0 Å². The molecule has 2 heterocycles. The third kappa shape index (κ3) is 3.42. The molecule has 0 atom stereocenters. The number of nitrogens with zero attached hydrogens (tertiary/aromatic N) is 1. The Balaban J connectivity index is 1.63. The highest BCUT2D eigenvalue weighted by molar-refractivity contribution is 7.99. The summed E-state index contributed by atoms with van der Waals surface area (Å²) in [6.07, 6.45) is 7.62. The first kappa shape index (κ1) is 16.3. The molecule has 2 aliphatic rings. The average molecular weight is 356 g/mol. The molecule has 0 spiro atoms. The van der Waals surface area contributed by atoms with Crippen molar-refractivity contribution in [2.45, 2.75) is 35.5 Å². The number of rotatable bonds is 3. The van der Waals surface area contributed by atoms with Gasteiger partial charge >= 0.3 is 0 Å². The van der Waals surface area contributed by atoms with Crippen LogP contribution in [0.25, 0.3) is 5.57 Å². The average Bonchev–Trinajstić information content (AvgIpc) is 2.62. The second-order valence-corrected chi connectivity index (χ2v) is 8.07. The summed E-state index contributed by atoms with van der Waals surface area (Å²) < 4.78 is 0. The maximum absolute atomic E-state index is 6.28. The van der Waals surface area contributed by atoms with Gasteiger partial charge in [0.15, 0.2) is 0 Å². The molecular formula is C21H22ClNS. The quantitative estimate of drug-likeness (QED) is 0.557. The lowest BCUT2D eigenvalue weighted by molar-refractivity contribution is 0.233. The predicted octanol–water partition coefficient (Wildman–Crippen LogP) is 6.11. The molecule has 0 aliphatic carbocycles. The molecule has 2 aliphatic heterocycles. The van der Waals surface area contributed by atoms with E-state index in [0.717, 1.165) is 18.0 Å². The van der Waals surface area contributed by atoms with Gasteiger partial charge in [-0.1, -0.05) is 54.1 Å². The van der Waals surface area contributed by atoms with E-state index >= 15 is 0 Å². The van der Waals surface area contributed by atoms with Crippen LogP contribution in [0.1, 0.15) is 36.8 Å². The number of halogens is 1. The van der Waals surface area contributed by atoms with Gasteiger partial charge in [0.2, 0.25) is 0 Å². The molecule has 0 unspecified atom stereocenters. The van der Waals surface area contributed by atoms with Crippen molar-refractivity contribution in [3.8, 4) is 0 Å². The number of hydrogen-bond donors (Lipinski definition) is 0. The molecule has 124 valence electrons. The smallest absolute Gasteiger partial charge is 0.0412 e. The van der Waals surface area contributed by atoms with Crippen LogP contribution >= 0.6 is 23.4 Å². The maximum Gasteiger partial charge on any atom is 0.0412 e. The Labute approximate surface area is 153 Å². The summed E-state index contributed by atoms with van der Waals surface area (Å²) in [5, 5.41) is 0.815. The molecule has 0 radical (unpaired) electrons. The molecule has 1 fully saturated rings. The van der Waals surface area contributed by atoms with Crippen LogP contribution in [0.15, 0.2) is 58.3 Å². The second kappa shape index (κ2) is 7.35. The Morgan fingerprint density at radius 1 is 0.958 bits per heavy atom. The number of benzene rings is 2. The summed E-state index contributed by atoms with van der Waals surface area (Å²) >= 11 is 8.13. The van der Waals surface area contributed by atoms with Crippen LogP contribution in [0.5, 0.6) is 0 Å². The molecule has 1 nitrogen and oxygen atoms in total. The highest BCUT2D eigenvalue weighted by Crippen LogP contribution is 2.46. The Kier molecular flexibility index (Phi) is 4.98. The zero-order valence-electron chi connectivity index (χ0n) is 13.8. The lowest BCUT2D eigenvalue weighted by Gasteiger charge is -2.26. The fraction of sp³-hybridized carbons (Fsp3) is 0.333. The van der Waals surface area contributed by atoms with E-state index in [2.05, 4.69) is 47.4 Å². The van der Waals surface area contributed by atoms with E-state index in [1.807, 2.05) is 17.8 Å². The molecule has 4 rings (SSSR count). The lowest BCUT2D eigenvalue weighted by Crippen LogP contribution is -2.30. The molecule has 2 aromatic rings. The lowest BCUT2D eigenvalue weighted by atomic mass is 9.96. The number of fused-ring (bicyclic) bond motifs is 2. The van der Waals surface area contributed by atoms with Crippen molar-refractivity contribution in [3.63, 3.8) is 0 Å². The van der Waals surface area contributed by atoms with Gasteiger partial charge in [-0.2, -0.15) is 0 Å². The molecule has 0 aromatic heterocycles. The zero-order valence-corrected chi connectivity index (χ0v) is 15.4. The second-order valence-electron chi connectivity index (χ2n) is 6.55. The third-order valence-corrected chi connectivity index (χ3v) is 6.26. The topological polar surface area (TPSA) is 3.24 Å². The Morgan fingerprint density at radius 2 is 1.75 bits per heavy atom. The Hall–Kier alpha value is -1.22. The highest BCUT2D eigenvalue weighted by Gasteiger charge is 2.20. The van der Waals surface area contributed by atoms with Gasteiger partial charge in [0.25, 0.3) is 0 Å². The van der Waals surface area contributed by atoms with Crippen molar-refractivity contribution in [1.82, 2.24) is 4.90 Å². The summed E-state index contributed by atoms with van der Waals surface area (Å²) in [4.78, 5) is 5.25. The van der Waals surface area contributed by atoms with Crippen LogP contribution in [0.3, 0.4) is 0 Å². The maximum atomic E-state index is 6.28. The van der Waals surface area contributed by atoms with Crippen molar-refractivity contribution in [2.75, 3.05) is 19.6 Å². The van der Waals surface area contributed by atoms with Crippen molar-refractivity contribution in [2.24, 2.45) is 0 Å². The van der Waals surface area contributed by atoms with Crippen LogP contribution in [-0.2, 0) is 0 Å². The van der Waals surface area contributed by atoms with Gasteiger partial charge in [-0.15, -0.1) is 0 Å². The molecule has 0 amide bonds. The molecule has 2 aromatic carbocycles. The molecular weight excluding hydrogens is 334 g/mol. The van der Waals surface area contributed by atoms with E-state index < -0.39 is 0 Å². The minimum atomic E-state index is 0.815. The van der Waals surface area contributed by atoms with Gasteiger partial charge in [0.05, 0.1) is 0 Å². The van der Waals surface area contributed by atoms with Gasteiger partial charge in [0, 0.05) is 21.4 Å². The third-order valence-electron chi connectivity index (χ3n) is 4.87. The SMILES string of the molecule is Clc1ccc2c(c1)/C(=C/CCN1CCCCC1)c1ccccc1S2. The van der Waals surface area contributed by atoms with E-state index in [1.54, 1.807) is 0 Å². The first-order valence-corrected chi connectivity index (χ1v) is 10.0. The van der Waals surface area contributed by atoms with E-state index in [1.165, 1.54) is 58.8 Å². The van der Waals surface area contributed by atoms with Crippen molar-refractivity contribution in [3.05, 3.63) is 64.7 Å². The summed E-state index contributed by atoms with van der Waals surface area (Å²) in [6, 6.07) is 15.0. The van der Waals surface area contributed by atoms with Crippen LogP contribution in [0.4, 0.5) is 0 Å². The van der Waals surface area contributed by atoms with Crippen molar-refractivity contribution in [1.29, 1.82) is 0 Å². The largest absolute Gasteiger partial charge is 0.303 e. The minimum absolute atomic E-state index is 0.815. The Morgan fingerprint density at radius 3 is 2.62 bits per heavy atom. The number of likely N-dealkylation sites (tertiary alicyclic amines) is 1. The summed E-state index contributed by atoms with van der Waals surface area (Å²) in [7, 11) is 0. The molecule has 1 saturated heterocycles. The van der Waals surface area contributed by atoms with Crippen molar-refractivity contribution < 1.29 is 0 Å². The fourth-order valence-corrected chi connectivity index (χ4v) is 4.90. The summed E-state index contributed by atoms with van der Waals surface area (Å²) in [6.45, 7) is 3.69. The highest BCUT2D eigenvalue weighted by atomic mass is 35.5. The van der Waals surface area contributed by atoms with Gasteiger partial charge < -0.3 is 4.90 Å². The molecule has 0 bridgehead atoms. The predicted molar refractivity (Wildman–Crippen MR) is 104 cm³/mol.